The number of halogens is 1. The smallest absolute Gasteiger partial charge is 0.128 e. The predicted octanol–water partition coefficient (Wildman–Crippen LogP) is 2.35. The van der Waals surface area contributed by atoms with E-state index >= 15 is 0 Å². The second kappa shape index (κ2) is 5.14. The first-order valence-corrected chi connectivity index (χ1v) is 5.79. The van der Waals surface area contributed by atoms with Crippen molar-refractivity contribution in [2.75, 3.05) is 5.73 Å². The Morgan fingerprint density at radius 1 is 1.28 bits per heavy atom. The van der Waals surface area contributed by atoms with E-state index in [1.165, 1.54) is 6.07 Å². The molecule has 0 radical (unpaired) electrons. The van der Waals surface area contributed by atoms with Crippen molar-refractivity contribution >= 4 is 5.82 Å². The molecule has 18 heavy (non-hydrogen) atoms. The number of nitrogen functional groups attached to an aromatic ring is 1. The Morgan fingerprint density at radius 3 is 2.67 bits per heavy atom. The van der Waals surface area contributed by atoms with Gasteiger partial charge in [0, 0.05) is 17.8 Å². The highest BCUT2D eigenvalue weighted by Gasteiger charge is 2.15. The number of hydrogen-bond donors (Lipinski definition) is 2. The van der Waals surface area contributed by atoms with Crippen molar-refractivity contribution in [2.24, 2.45) is 5.73 Å². The Labute approximate surface area is 106 Å². The Bertz CT molecular complexity index is 534. The van der Waals surface area contributed by atoms with Crippen LogP contribution in [0, 0.1) is 12.7 Å². The molecule has 0 aliphatic rings. The molecular formula is C14H16FN3. The third-order valence-electron chi connectivity index (χ3n) is 3.01. The Balaban J connectivity index is 2.28. The van der Waals surface area contributed by atoms with E-state index in [1.54, 1.807) is 24.4 Å². The fourth-order valence-corrected chi connectivity index (χ4v) is 2.08. The molecule has 0 spiro atoms. The quantitative estimate of drug-likeness (QED) is 0.872. The number of hydrogen-bond acceptors (Lipinski definition) is 3. The van der Waals surface area contributed by atoms with E-state index in [9.17, 15) is 4.39 Å². The summed E-state index contributed by atoms with van der Waals surface area (Å²) in [6, 6.07) is 8.13. The van der Waals surface area contributed by atoms with Crippen molar-refractivity contribution in [3.63, 3.8) is 0 Å². The average Bonchev–Trinajstić information content (AvgIpc) is 2.32. The van der Waals surface area contributed by atoms with E-state index in [1.807, 2.05) is 13.0 Å². The molecule has 1 aromatic heterocycles. The number of aryl methyl sites for hydroxylation is 1. The first kappa shape index (κ1) is 12.5. The number of rotatable bonds is 3. The van der Waals surface area contributed by atoms with Gasteiger partial charge in [0.15, 0.2) is 0 Å². The largest absolute Gasteiger partial charge is 0.383 e. The molecule has 2 rings (SSSR count). The SMILES string of the molecule is Cc1ccnc(N)c1C(N)Cc1ccccc1F. The van der Waals surface area contributed by atoms with E-state index in [0.717, 1.165) is 11.1 Å². The molecule has 0 saturated carbocycles. The van der Waals surface area contributed by atoms with E-state index < -0.39 is 0 Å². The number of anilines is 1. The lowest BCUT2D eigenvalue weighted by Gasteiger charge is -2.16. The number of nitrogens with zero attached hydrogens (tertiary/aromatic N) is 1. The van der Waals surface area contributed by atoms with Crippen LogP contribution in [0.5, 0.6) is 0 Å². The van der Waals surface area contributed by atoms with Crippen LogP contribution in [0.25, 0.3) is 0 Å². The Kier molecular flexibility index (Phi) is 3.58. The van der Waals surface area contributed by atoms with Crippen LogP contribution in [-0.2, 0) is 6.42 Å². The number of pyridine rings is 1. The van der Waals surface area contributed by atoms with Crippen LogP contribution in [-0.4, -0.2) is 4.98 Å². The van der Waals surface area contributed by atoms with Crippen molar-refractivity contribution in [3.8, 4) is 0 Å². The van der Waals surface area contributed by atoms with Gasteiger partial charge in [0.2, 0.25) is 0 Å². The highest BCUT2D eigenvalue weighted by molar-refractivity contribution is 5.46. The molecule has 0 fully saturated rings. The van der Waals surface area contributed by atoms with Crippen LogP contribution in [0.3, 0.4) is 0 Å². The normalized spacial score (nSPS) is 12.4. The van der Waals surface area contributed by atoms with E-state index in [0.29, 0.717) is 17.8 Å². The third-order valence-corrected chi connectivity index (χ3v) is 3.01. The third kappa shape index (κ3) is 2.49. The van der Waals surface area contributed by atoms with Gasteiger partial charge in [-0.25, -0.2) is 9.37 Å². The van der Waals surface area contributed by atoms with Gasteiger partial charge >= 0.3 is 0 Å². The van der Waals surface area contributed by atoms with Crippen LogP contribution < -0.4 is 11.5 Å². The van der Waals surface area contributed by atoms with Crippen LogP contribution in [0.2, 0.25) is 0 Å². The summed E-state index contributed by atoms with van der Waals surface area (Å²) >= 11 is 0. The van der Waals surface area contributed by atoms with Gasteiger partial charge < -0.3 is 11.5 Å². The molecule has 1 unspecified atom stereocenters. The Hall–Kier alpha value is -1.94. The average molecular weight is 245 g/mol. The van der Waals surface area contributed by atoms with Crippen molar-refractivity contribution in [3.05, 3.63) is 59.0 Å². The molecule has 3 nitrogen and oxygen atoms in total. The molecule has 2 aromatic rings. The minimum Gasteiger partial charge on any atom is -0.383 e. The molecule has 1 atom stereocenters. The standard InChI is InChI=1S/C14H16FN3/c1-9-6-7-18-14(17)13(9)12(16)8-10-4-2-3-5-11(10)15/h2-7,12H,8,16H2,1H3,(H2,17,18). The maximum atomic E-state index is 13.6. The number of aromatic nitrogens is 1. The zero-order chi connectivity index (χ0) is 13.1. The highest BCUT2D eigenvalue weighted by Crippen LogP contribution is 2.24. The van der Waals surface area contributed by atoms with Gasteiger partial charge in [-0.2, -0.15) is 0 Å². The maximum Gasteiger partial charge on any atom is 0.128 e. The molecule has 0 aliphatic heterocycles. The van der Waals surface area contributed by atoms with Crippen molar-refractivity contribution in [1.29, 1.82) is 0 Å². The minimum absolute atomic E-state index is 0.243. The van der Waals surface area contributed by atoms with Crippen LogP contribution in [0.4, 0.5) is 10.2 Å². The van der Waals surface area contributed by atoms with E-state index in [-0.39, 0.29) is 11.9 Å². The minimum atomic E-state index is -0.351. The first-order valence-electron chi connectivity index (χ1n) is 5.79. The van der Waals surface area contributed by atoms with Gasteiger partial charge in [-0.15, -0.1) is 0 Å². The molecule has 1 aromatic carbocycles. The topological polar surface area (TPSA) is 64.9 Å². The highest BCUT2D eigenvalue weighted by atomic mass is 19.1. The second-order valence-corrected chi connectivity index (χ2v) is 4.33. The zero-order valence-corrected chi connectivity index (χ0v) is 10.2. The zero-order valence-electron chi connectivity index (χ0n) is 10.2. The van der Waals surface area contributed by atoms with E-state index in [4.69, 9.17) is 11.5 Å². The molecule has 1 heterocycles. The summed E-state index contributed by atoms with van der Waals surface area (Å²) in [4.78, 5) is 4.03. The van der Waals surface area contributed by atoms with Gasteiger partial charge in [-0.1, -0.05) is 18.2 Å². The number of nitrogens with two attached hydrogens (primary N) is 2. The molecule has 4 N–H and O–H groups in total. The lowest BCUT2D eigenvalue weighted by molar-refractivity contribution is 0.592. The summed E-state index contributed by atoms with van der Waals surface area (Å²) in [5.74, 6) is 0.173. The molecule has 0 aliphatic carbocycles. The van der Waals surface area contributed by atoms with Gasteiger partial charge in [0.25, 0.3) is 0 Å². The summed E-state index contributed by atoms with van der Waals surface area (Å²) in [6.45, 7) is 1.93. The Morgan fingerprint density at radius 2 is 2.00 bits per heavy atom. The van der Waals surface area contributed by atoms with Gasteiger partial charge in [-0.3, -0.25) is 0 Å². The molecule has 0 bridgehead atoms. The fraction of sp³-hybridized carbons (Fsp3) is 0.214. The van der Waals surface area contributed by atoms with Crippen LogP contribution in [0.1, 0.15) is 22.7 Å². The van der Waals surface area contributed by atoms with Crippen molar-refractivity contribution in [1.82, 2.24) is 4.98 Å². The number of benzene rings is 1. The van der Waals surface area contributed by atoms with Crippen molar-refractivity contribution in [2.45, 2.75) is 19.4 Å². The second-order valence-electron chi connectivity index (χ2n) is 4.33. The van der Waals surface area contributed by atoms with Gasteiger partial charge in [0.1, 0.15) is 11.6 Å². The summed E-state index contributed by atoms with van der Waals surface area (Å²) < 4.78 is 13.6. The lowest BCUT2D eigenvalue weighted by atomic mass is 9.96. The maximum absolute atomic E-state index is 13.6. The van der Waals surface area contributed by atoms with Gasteiger partial charge in [0.05, 0.1) is 0 Å². The van der Waals surface area contributed by atoms with Crippen molar-refractivity contribution < 1.29 is 4.39 Å². The van der Waals surface area contributed by atoms with Gasteiger partial charge in [-0.05, 0) is 36.6 Å². The molecule has 94 valence electrons. The van der Waals surface area contributed by atoms with Crippen LogP contribution in [0.15, 0.2) is 36.5 Å². The first-order chi connectivity index (χ1) is 8.59. The predicted molar refractivity (Wildman–Crippen MR) is 70.4 cm³/mol. The fourth-order valence-electron chi connectivity index (χ4n) is 2.08. The molecule has 0 amide bonds. The summed E-state index contributed by atoms with van der Waals surface area (Å²) in [5, 5.41) is 0. The van der Waals surface area contributed by atoms with E-state index in [2.05, 4.69) is 4.98 Å². The summed E-state index contributed by atoms with van der Waals surface area (Å²) in [6.07, 6.45) is 2.05. The monoisotopic (exact) mass is 245 g/mol. The summed E-state index contributed by atoms with van der Waals surface area (Å²) in [7, 11) is 0. The molecule has 0 saturated heterocycles. The van der Waals surface area contributed by atoms with Crippen LogP contribution >= 0.6 is 0 Å². The molecular weight excluding hydrogens is 229 g/mol. The summed E-state index contributed by atoms with van der Waals surface area (Å²) in [5.41, 5.74) is 14.3. The molecule has 4 heteroatoms. The lowest BCUT2D eigenvalue weighted by Crippen LogP contribution is -2.18.